The van der Waals surface area contributed by atoms with Crippen LogP contribution >= 0.6 is 0 Å². The van der Waals surface area contributed by atoms with Gasteiger partial charge in [-0.3, -0.25) is 14.5 Å². The second-order valence-corrected chi connectivity index (χ2v) is 5.79. The van der Waals surface area contributed by atoms with Gasteiger partial charge in [-0.2, -0.15) is 0 Å². The smallest absolute Gasteiger partial charge is 0.261 e. The molecule has 4 heteroatoms. The lowest BCUT2D eigenvalue weighted by Crippen LogP contribution is -2.50. The van der Waals surface area contributed by atoms with Crippen LogP contribution in [0.4, 0.5) is 0 Å². The summed E-state index contributed by atoms with van der Waals surface area (Å²) in [5.74, 6) is -0.209. The first kappa shape index (κ1) is 11.2. The quantitative estimate of drug-likeness (QED) is 0.776. The van der Waals surface area contributed by atoms with Gasteiger partial charge < -0.3 is 5.32 Å². The molecule has 2 bridgehead atoms. The predicted octanol–water partition coefficient (Wildman–Crippen LogP) is 1.57. The molecule has 1 N–H and O–H groups in total. The van der Waals surface area contributed by atoms with E-state index in [9.17, 15) is 9.59 Å². The van der Waals surface area contributed by atoms with E-state index in [-0.39, 0.29) is 17.9 Å². The predicted molar refractivity (Wildman–Crippen MR) is 69.9 cm³/mol. The molecule has 2 fully saturated rings. The largest absolute Gasteiger partial charge is 0.311 e. The third kappa shape index (κ3) is 1.56. The van der Waals surface area contributed by atoms with Crippen LogP contribution in [0.5, 0.6) is 0 Å². The van der Waals surface area contributed by atoms with E-state index in [1.165, 1.54) is 17.7 Å². The van der Waals surface area contributed by atoms with Crippen molar-refractivity contribution in [3.8, 4) is 0 Å². The molecule has 2 saturated heterocycles. The van der Waals surface area contributed by atoms with Crippen molar-refractivity contribution in [3.63, 3.8) is 0 Å². The molecule has 1 aromatic rings. The van der Waals surface area contributed by atoms with Gasteiger partial charge in [-0.25, -0.2) is 0 Å². The molecule has 0 spiro atoms. The highest BCUT2D eigenvalue weighted by atomic mass is 16.2. The molecule has 3 heterocycles. The van der Waals surface area contributed by atoms with Crippen molar-refractivity contribution in [1.29, 1.82) is 0 Å². The van der Waals surface area contributed by atoms with Gasteiger partial charge in [0.2, 0.25) is 0 Å². The number of hydrogen-bond donors (Lipinski definition) is 1. The van der Waals surface area contributed by atoms with E-state index in [0.29, 0.717) is 23.2 Å². The van der Waals surface area contributed by atoms with Crippen LogP contribution in [0.2, 0.25) is 0 Å². The molecule has 3 aliphatic heterocycles. The third-order valence-electron chi connectivity index (χ3n) is 4.64. The number of amides is 2. The van der Waals surface area contributed by atoms with Gasteiger partial charge >= 0.3 is 0 Å². The van der Waals surface area contributed by atoms with Crippen molar-refractivity contribution in [2.75, 3.05) is 0 Å². The lowest BCUT2D eigenvalue weighted by Gasteiger charge is -2.34. The fourth-order valence-electron chi connectivity index (χ4n) is 3.78. The van der Waals surface area contributed by atoms with E-state index in [0.717, 1.165) is 12.8 Å². The summed E-state index contributed by atoms with van der Waals surface area (Å²) in [5.41, 5.74) is 1.14. The molecule has 0 aliphatic carbocycles. The van der Waals surface area contributed by atoms with E-state index in [1.807, 2.05) is 12.1 Å². The number of benzene rings is 1. The maximum absolute atomic E-state index is 12.4. The lowest BCUT2D eigenvalue weighted by atomic mass is 9.98. The molecule has 1 aromatic carbocycles. The summed E-state index contributed by atoms with van der Waals surface area (Å²) in [6.07, 6.45) is 4.15. The molecule has 3 atom stereocenters. The second-order valence-electron chi connectivity index (χ2n) is 5.79. The number of hydrogen-bond acceptors (Lipinski definition) is 3. The van der Waals surface area contributed by atoms with Crippen molar-refractivity contribution < 1.29 is 9.59 Å². The Morgan fingerprint density at radius 1 is 0.947 bits per heavy atom. The molecular weight excluding hydrogens is 240 g/mol. The Hall–Kier alpha value is -1.68. The Labute approximate surface area is 111 Å². The first-order valence-electron chi connectivity index (χ1n) is 6.97. The van der Waals surface area contributed by atoms with Crippen molar-refractivity contribution in [3.05, 3.63) is 35.4 Å². The van der Waals surface area contributed by atoms with Crippen LogP contribution in [0.1, 0.15) is 46.4 Å². The Kier molecular flexibility index (Phi) is 2.30. The fourth-order valence-corrected chi connectivity index (χ4v) is 3.78. The summed E-state index contributed by atoms with van der Waals surface area (Å²) < 4.78 is 0. The second kappa shape index (κ2) is 3.90. The molecule has 4 rings (SSSR count). The van der Waals surface area contributed by atoms with Gasteiger partial charge in [0.1, 0.15) is 0 Å². The zero-order valence-electron chi connectivity index (χ0n) is 10.6. The molecule has 2 amide bonds. The molecular formula is C15H16N2O2. The summed E-state index contributed by atoms with van der Waals surface area (Å²) in [6, 6.07) is 8.18. The Balaban J connectivity index is 1.67. The van der Waals surface area contributed by atoms with Gasteiger partial charge in [-0.1, -0.05) is 12.1 Å². The maximum atomic E-state index is 12.4. The third-order valence-corrected chi connectivity index (χ3v) is 4.64. The van der Waals surface area contributed by atoms with Crippen LogP contribution < -0.4 is 5.32 Å². The van der Waals surface area contributed by atoms with E-state index in [2.05, 4.69) is 5.32 Å². The van der Waals surface area contributed by atoms with E-state index < -0.39 is 0 Å². The number of imide groups is 1. The standard InChI is InChI=1S/C15H16N2O2/c18-14-12-3-1-2-4-13(12)15(19)17(14)11-7-9-5-6-10(8-11)16-9/h1-4,9-11,16H,5-8H2/t9-,10+,11?. The van der Waals surface area contributed by atoms with Crippen LogP contribution in [-0.4, -0.2) is 34.8 Å². The zero-order chi connectivity index (χ0) is 13.0. The number of fused-ring (bicyclic) bond motifs is 3. The number of rotatable bonds is 1. The number of piperidine rings is 1. The van der Waals surface area contributed by atoms with Gasteiger partial charge in [-0.05, 0) is 37.8 Å². The van der Waals surface area contributed by atoms with Gasteiger partial charge in [0.25, 0.3) is 11.8 Å². The van der Waals surface area contributed by atoms with Crippen LogP contribution in [0, 0.1) is 0 Å². The SMILES string of the molecule is O=C1c2ccccc2C(=O)N1C1C[C@H]2CC[C@@H](C1)N2. The molecule has 98 valence electrons. The number of nitrogens with one attached hydrogen (secondary N) is 1. The van der Waals surface area contributed by atoms with Crippen molar-refractivity contribution >= 4 is 11.8 Å². The number of carbonyl (C=O) groups is 2. The molecule has 0 aromatic heterocycles. The van der Waals surface area contributed by atoms with Crippen molar-refractivity contribution in [2.45, 2.75) is 43.8 Å². The highest BCUT2D eigenvalue weighted by Crippen LogP contribution is 2.34. The highest BCUT2D eigenvalue weighted by Gasteiger charge is 2.44. The molecule has 19 heavy (non-hydrogen) atoms. The molecule has 3 aliphatic rings. The van der Waals surface area contributed by atoms with Gasteiger partial charge in [0, 0.05) is 18.1 Å². The van der Waals surface area contributed by atoms with Crippen molar-refractivity contribution in [2.24, 2.45) is 0 Å². The van der Waals surface area contributed by atoms with Gasteiger partial charge in [0.15, 0.2) is 0 Å². The summed E-state index contributed by atoms with van der Waals surface area (Å²) in [5, 5.41) is 3.55. The zero-order valence-corrected chi connectivity index (χ0v) is 10.6. The fraction of sp³-hybridized carbons (Fsp3) is 0.467. The molecule has 1 unspecified atom stereocenters. The number of nitrogens with zero attached hydrogens (tertiary/aromatic N) is 1. The highest BCUT2D eigenvalue weighted by molar-refractivity contribution is 6.21. The Morgan fingerprint density at radius 2 is 1.47 bits per heavy atom. The van der Waals surface area contributed by atoms with Crippen LogP contribution in [0.15, 0.2) is 24.3 Å². The first-order chi connectivity index (χ1) is 9.24. The first-order valence-corrected chi connectivity index (χ1v) is 6.97. The summed E-state index contributed by atoms with van der Waals surface area (Å²) in [7, 11) is 0. The number of carbonyl (C=O) groups excluding carboxylic acids is 2. The molecule has 4 nitrogen and oxygen atoms in total. The average molecular weight is 256 g/mol. The normalized spacial score (nSPS) is 32.8. The van der Waals surface area contributed by atoms with E-state index in [4.69, 9.17) is 0 Å². The minimum absolute atomic E-state index is 0.0751. The maximum Gasteiger partial charge on any atom is 0.261 e. The van der Waals surface area contributed by atoms with Crippen LogP contribution in [0.25, 0.3) is 0 Å². The van der Waals surface area contributed by atoms with E-state index in [1.54, 1.807) is 12.1 Å². The van der Waals surface area contributed by atoms with Gasteiger partial charge in [0.05, 0.1) is 11.1 Å². The Morgan fingerprint density at radius 3 is 2.00 bits per heavy atom. The molecule has 0 radical (unpaired) electrons. The average Bonchev–Trinajstić information content (AvgIpc) is 2.89. The van der Waals surface area contributed by atoms with Crippen molar-refractivity contribution in [1.82, 2.24) is 10.2 Å². The lowest BCUT2D eigenvalue weighted by molar-refractivity contribution is 0.0536. The van der Waals surface area contributed by atoms with Crippen LogP contribution in [-0.2, 0) is 0 Å². The summed E-state index contributed by atoms with van der Waals surface area (Å²) in [4.78, 5) is 26.4. The van der Waals surface area contributed by atoms with Crippen LogP contribution in [0.3, 0.4) is 0 Å². The molecule has 0 saturated carbocycles. The van der Waals surface area contributed by atoms with Gasteiger partial charge in [-0.15, -0.1) is 0 Å². The minimum Gasteiger partial charge on any atom is -0.311 e. The van der Waals surface area contributed by atoms with E-state index >= 15 is 0 Å². The summed E-state index contributed by atoms with van der Waals surface area (Å²) in [6.45, 7) is 0. The Bertz CT molecular complexity index is 522. The topological polar surface area (TPSA) is 49.4 Å². The monoisotopic (exact) mass is 256 g/mol. The summed E-state index contributed by atoms with van der Waals surface area (Å²) >= 11 is 0. The minimum atomic E-state index is -0.105.